The highest BCUT2D eigenvalue weighted by molar-refractivity contribution is 5.98. The van der Waals surface area contributed by atoms with E-state index in [-0.39, 0.29) is 30.6 Å². The zero-order chi connectivity index (χ0) is 27.5. The Morgan fingerprint density at radius 1 is 0.816 bits per heavy atom. The van der Waals surface area contributed by atoms with E-state index >= 15 is 0 Å². The molecule has 0 saturated carbocycles. The lowest BCUT2D eigenvalue weighted by molar-refractivity contribution is -0.192. The molecule has 4 rings (SSSR count). The molecule has 0 bridgehead atoms. The van der Waals surface area contributed by atoms with Gasteiger partial charge in [0.25, 0.3) is 0 Å². The molecule has 0 aliphatic carbocycles. The van der Waals surface area contributed by atoms with Gasteiger partial charge in [-0.05, 0) is 54.3 Å². The van der Waals surface area contributed by atoms with Crippen LogP contribution in [0.25, 0.3) is 0 Å². The van der Waals surface area contributed by atoms with Crippen LogP contribution < -0.4 is 10.6 Å². The zero-order valence-electron chi connectivity index (χ0n) is 20.6. The molecule has 9 heteroatoms. The molecule has 3 aromatic carbocycles. The van der Waals surface area contributed by atoms with Crippen LogP contribution in [0.4, 0.5) is 13.2 Å². The molecule has 0 spiro atoms. The van der Waals surface area contributed by atoms with Gasteiger partial charge in [0.05, 0.1) is 6.04 Å². The van der Waals surface area contributed by atoms with Crippen molar-refractivity contribution in [3.8, 4) is 0 Å². The fourth-order valence-electron chi connectivity index (χ4n) is 4.10. The molecule has 0 fully saturated rings. The lowest BCUT2D eigenvalue weighted by Gasteiger charge is -2.20. The van der Waals surface area contributed by atoms with Gasteiger partial charge in [0.1, 0.15) is 0 Å². The van der Waals surface area contributed by atoms with Crippen molar-refractivity contribution in [2.45, 2.75) is 37.9 Å². The van der Waals surface area contributed by atoms with Crippen LogP contribution in [0.3, 0.4) is 0 Å². The second kappa shape index (κ2) is 13.5. The quantitative estimate of drug-likeness (QED) is 0.382. The number of fused-ring (bicyclic) bond motifs is 1. The number of amides is 1. The number of rotatable bonds is 7. The lowest BCUT2D eigenvalue weighted by Crippen LogP contribution is -2.29. The Hall–Kier alpha value is -3.98. The highest BCUT2D eigenvalue weighted by Crippen LogP contribution is 2.22. The SMILES string of the molecule is O=C(CCC(=O)c1ccc2c(c1)CCNCC2)NC(c1ccccc1)c1ccccc1.O=C(O)C(F)(F)F. The molecule has 0 aromatic heterocycles. The van der Waals surface area contributed by atoms with E-state index in [1.165, 1.54) is 11.1 Å². The number of benzene rings is 3. The molecule has 1 aliphatic heterocycles. The van der Waals surface area contributed by atoms with E-state index in [0.29, 0.717) is 5.56 Å². The van der Waals surface area contributed by atoms with E-state index in [1.54, 1.807) is 0 Å². The summed E-state index contributed by atoms with van der Waals surface area (Å²) in [7, 11) is 0. The van der Waals surface area contributed by atoms with Crippen LogP contribution in [0.5, 0.6) is 0 Å². The molecule has 1 amide bonds. The van der Waals surface area contributed by atoms with Crippen molar-refractivity contribution >= 4 is 17.7 Å². The van der Waals surface area contributed by atoms with Crippen molar-refractivity contribution in [1.29, 1.82) is 0 Å². The number of carboxylic acid groups (broad SMARTS) is 1. The summed E-state index contributed by atoms with van der Waals surface area (Å²) in [6, 6.07) is 25.6. The van der Waals surface area contributed by atoms with Gasteiger partial charge in [-0.15, -0.1) is 0 Å². The monoisotopic (exact) mass is 526 g/mol. The smallest absolute Gasteiger partial charge is 0.475 e. The highest BCUT2D eigenvalue weighted by atomic mass is 19.4. The molecule has 0 unspecified atom stereocenters. The fraction of sp³-hybridized carbons (Fsp3) is 0.276. The maximum absolute atomic E-state index is 12.8. The second-order valence-corrected chi connectivity index (χ2v) is 8.78. The van der Waals surface area contributed by atoms with E-state index in [9.17, 15) is 22.8 Å². The van der Waals surface area contributed by atoms with Gasteiger partial charge in [0, 0.05) is 18.4 Å². The van der Waals surface area contributed by atoms with Gasteiger partial charge in [0.15, 0.2) is 5.78 Å². The van der Waals surface area contributed by atoms with Crippen molar-refractivity contribution in [2.24, 2.45) is 0 Å². The van der Waals surface area contributed by atoms with E-state index in [2.05, 4.69) is 16.7 Å². The van der Waals surface area contributed by atoms with E-state index in [1.807, 2.05) is 72.8 Å². The largest absolute Gasteiger partial charge is 0.490 e. The number of nitrogens with one attached hydrogen (secondary N) is 2. The summed E-state index contributed by atoms with van der Waals surface area (Å²) >= 11 is 0. The molecule has 6 nitrogen and oxygen atoms in total. The normalized spacial score (nSPS) is 12.9. The summed E-state index contributed by atoms with van der Waals surface area (Å²) in [6.07, 6.45) is -2.77. The van der Waals surface area contributed by atoms with Gasteiger partial charge in [-0.3, -0.25) is 9.59 Å². The number of hydrogen-bond acceptors (Lipinski definition) is 4. The van der Waals surface area contributed by atoms with Gasteiger partial charge < -0.3 is 15.7 Å². The summed E-state index contributed by atoms with van der Waals surface area (Å²) in [4.78, 5) is 34.4. The molecule has 0 radical (unpaired) electrons. The highest BCUT2D eigenvalue weighted by Gasteiger charge is 2.38. The molecule has 0 atom stereocenters. The Bertz CT molecular complexity index is 1190. The topological polar surface area (TPSA) is 95.5 Å². The average molecular weight is 527 g/mol. The van der Waals surface area contributed by atoms with Crippen molar-refractivity contribution in [2.75, 3.05) is 13.1 Å². The summed E-state index contributed by atoms with van der Waals surface area (Å²) in [5.41, 5.74) is 5.30. The van der Waals surface area contributed by atoms with Crippen molar-refractivity contribution in [1.82, 2.24) is 10.6 Å². The number of carbonyl (C=O) groups is 3. The molecule has 1 aliphatic rings. The first kappa shape index (κ1) is 28.6. The van der Waals surface area contributed by atoms with Gasteiger partial charge >= 0.3 is 12.1 Å². The number of carboxylic acids is 1. The average Bonchev–Trinajstić information content (AvgIpc) is 3.16. The first-order valence-corrected chi connectivity index (χ1v) is 12.2. The Kier molecular flexibility index (Phi) is 10.2. The summed E-state index contributed by atoms with van der Waals surface area (Å²) in [6.45, 7) is 1.91. The molecule has 38 heavy (non-hydrogen) atoms. The minimum atomic E-state index is -5.08. The number of Topliss-reactive ketones (excluding diaryl/α,β-unsaturated/α-hetero) is 1. The number of hydrogen-bond donors (Lipinski definition) is 3. The van der Waals surface area contributed by atoms with Crippen LogP contribution in [0, 0.1) is 0 Å². The van der Waals surface area contributed by atoms with Crippen LogP contribution in [-0.4, -0.2) is 42.0 Å². The van der Waals surface area contributed by atoms with Crippen molar-refractivity contribution in [3.63, 3.8) is 0 Å². The Labute approximate surface area is 218 Å². The molecule has 3 aromatic rings. The maximum atomic E-state index is 12.8. The Balaban J connectivity index is 0.000000505. The van der Waals surface area contributed by atoms with Gasteiger partial charge in [-0.25, -0.2) is 4.79 Å². The molecule has 200 valence electrons. The van der Waals surface area contributed by atoms with Crippen molar-refractivity contribution < 1.29 is 32.7 Å². The number of ketones is 1. The number of halogens is 3. The molecule has 3 N–H and O–H groups in total. The van der Waals surface area contributed by atoms with Crippen molar-refractivity contribution in [3.05, 3.63) is 107 Å². The maximum Gasteiger partial charge on any atom is 0.490 e. The van der Waals surface area contributed by atoms with Crippen LogP contribution >= 0.6 is 0 Å². The Morgan fingerprint density at radius 3 is 1.87 bits per heavy atom. The van der Waals surface area contributed by atoms with Crippen LogP contribution in [0.1, 0.15) is 51.5 Å². The third-order valence-corrected chi connectivity index (χ3v) is 6.06. The van der Waals surface area contributed by atoms with Gasteiger partial charge in [-0.1, -0.05) is 72.8 Å². The predicted octanol–water partition coefficient (Wildman–Crippen LogP) is 4.88. The van der Waals surface area contributed by atoms with E-state index in [0.717, 1.165) is 37.1 Å². The van der Waals surface area contributed by atoms with Gasteiger partial charge in [-0.2, -0.15) is 13.2 Å². The molecule has 0 saturated heterocycles. The molecular formula is C29H29F3N2O4. The van der Waals surface area contributed by atoms with E-state index in [4.69, 9.17) is 9.90 Å². The Morgan fingerprint density at radius 2 is 1.34 bits per heavy atom. The van der Waals surface area contributed by atoms with Crippen LogP contribution in [0.2, 0.25) is 0 Å². The summed E-state index contributed by atoms with van der Waals surface area (Å²) in [5, 5.41) is 13.6. The minimum absolute atomic E-state index is 0.0196. The molecular weight excluding hydrogens is 497 g/mol. The van der Waals surface area contributed by atoms with E-state index < -0.39 is 12.1 Å². The molecule has 1 heterocycles. The lowest BCUT2D eigenvalue weighted by atomic mass is 9.96. The summed E-state index contributed by atoms with van der Waals surface area (Å²) < 4.78 is 31.7. The third-order valence-electron chi connectivity index (χ3n) is 6.06. The minimum Gasteiger partial charge on any atom is -0.475 e. The van der Waals surface area contributed by atoms with Crippen LogP contribution in [0.15, 0.2) is 78.9 Å². The standard InChI is InChI=1S/C27H28N2O2.C2HF3O2/c30-25(24-12-11-20-15-17-28-18-16-23(20)19-24)13-14-26(31)29-27(21-7-3-1-4-8-21)22-9-5-2-6-10-22;3-2(4,5)1(6)7/h1-12,19,27-28H,13-18H2,(H,29,31);(H,6,7). The zero-order valence-corrected chi connectivity index (χ0v) is 20.6. The number of alkyl halides is 3. The van der Waals surface area contributed by atoms with Crippen LogP contribution in [-0.2, 0) is 22.4 Å². The second-order valence-electron chi connectivity index (χ2n) is 8.78. The third kappa shape index (κ3) is 8.55. The number of aliphatic carboxylic acids is 1. The first-order valence-electron chi connectivity index (χ1n) is 12.2. The van der Waals surface area contributed by atoms with Gasteiger partial charge in [0.2, 0.25) is 5.91 Å². The number of carbonyl (C=O) groups excluding carboxylic acids is 2. The first-order chi connectivity index (χ1) is 18.1. The predicted molar refractivity (Wildman–Crippen MR) is 137 cm³/mol. The summed E-state index contributed by atoms with van der Waals surface area (Å²) in [5.74, 6) is -2.86. The fourth-order valence-corrected chi connectivity index (χ4v) is 4.10.